The van der Waals surface area contributed by atoms with Gasteiger partial charge in [0.1, 0.15) is 0 Å². The molecule has 0 saturated carbocycles. The number of methoxy groups -OCH3 is 1. The number of aromatic nitrogens is 2. The molecule has 0 aliphatic carbocycles. The van der Waals surface area contributed by atoms with Crippen LogP contribution in [0.15, 0.2) is 42.9 Å². The summed E-state index contributed by atoms with van der Waals surface area (Å²) in [6, 6.07) is 7.99. The topological polar surface area (TPSA) is 105 Å². The number of hydrogen-bond donors (Lipinski definition) is 2. The van der Waals surface area contributed by atoms with Gasteiger partial charge in [-0.05, 0) is 24.3 Å². The Balaban J connectivity index is 0.000000346. The van der Waals surface area contributed by atoms with E-state index in [1.807, 2.05) is 37.5 Å². The summed E-state index contributed by atoms with van der Waals surface area (Å²) < 4.78 is 7.21. The molecule has 0 aliphatic heterocycles. The van der Waals surface area contributed by atoms with Gasteiger partial charge in [0.2, 0.25) is 0 Å². The zero-order valence-electron chi connectivity index (χ0n) is 12.2. The number of carbonyl (C=O) groups is 2. The van der Waals surface area contributed by atoms with Gasteiger partial charge in [-0.25, -0.2) is 9.59 Å². The van der Waals surface area contributed by atoms with Crippen molar-refractivity contribution < 1.29 is 24.5 Å². The van der Waals surface area contributed by atoms with Gasteiger partial charge in [0.25, 0.3) is 0 Å². The van der Waals surface area contributed by atoms with Gasteiger partial charge in [-0.2, -0.15) is 0 Å². The number of carboxylic acid groups (broad SMARTS) is 2. The second-order valence-electron chi connectivity index (χ2n) is 4.12. The Morgan fingerprint density at radius 2 is 1.82 bits per heavy atom. The van der Waals surface area contributed by atoms with E-state index < -0.39 is 11.9 Å². The lowest BCUT2D eigenvalue weighted by Gasteiger charge is -2.23. The van der Waals surface area contributed by atoms with E-state index in [-0.39, 0.29) is 0 Å². The minimum Gasteiger partial charge on any atom is -0.473 e. The molecule has 0 saturated heterocycles. The molecular formula is C14H17N3O5. The second kappa shape index (κ2) is 8.42. The second-order valence-corrected chi connectivity index (χ2v) is 4.12. The summed E-state index contributed by atoms with van der Waals surface area (Å²) in [6.07, 6.45) is 5.57. The van der Waals surface area contributed by atoms with Gasteiger partial charge in [0.15, 0.2) is 0 Å². The third-order valence-corrected chi connectivity index (χ3v) is 2.64. The minimum absolute atomic E-state index is 0.600. The van der Waals surface area contributed by atoms with E-state index in [2.05, 4.69) is 14.7 Å². The van der Waals surface area contributed by atoms with E-state index in [1.165, 1.54) is 0 Å². The van der Waals surface area contributed by atoms with Crippen LogP contribution < -0.4 is 5.01 Å². The highest BCUT2D eigenvalue weighted by Gasteiger charge is 2.06. The van der Waals surface area contributed by atoms with E-state index in [9.17, 15) is 0 Å². The molecule has 0 amide bonds. The van der Waals surface area contributed by atoms with Gasteiger partial charge in [-0.15, -0.1) is 0 Å². The maximum Gasteiger partial charge on any atom is 0.414 e. The molecule has 2 aromatic rings. The molecule has 0 aliphatic rings. The lowest BCUT2D eigenvalue weighted by molar-refractivity contribution is -0.159. The Morgan fingerprint density at radius 3 is 2.32 bits per heavy atom. The van der Waals surface area contributed by atoms with Gasteiger partial charge in [0, 0.05) is 32.7 Å². The van der Waals surface area contributed by atoms with E-state index in [4.69, 9.17) is 24.5 Å². The summed E-state index contributed by atoms with van der Waals surface area (Å²) >= 11 is 0. The van der Waals surface area contributed by atoms with Gasteiger partial charge >= 0.3 is 11.9 Å². The average molecular weight is 307 g/mol. The van der Waals surface area contributed by atoms with E-state index in [0.29, 0.717) is 6.61 Å². The van der Waals surface area contributed by atoms with Gasteiger partial charge in [0.05, 0.1) is 18.0 Å². The molecule has 0 fully saturated rings. The summed E-state index contributed by atoms with van der Waals surface area (Å²) in [4.78, 5) is 22.2. The summed E-state index contributed by atoms with van der Waals surface area (Å²) in [5, 5.41) is 16.8. The Hall–Kier alpha value is -2.87. The average Bonchev–Trinajstić information content (AvgIpc) is 2.96. The number of nitrogens with zero attached hydrogens (tertiary/aromatic N) is 3. The number of carboxylic acids is 2. The van der Waals surface area contributed by atoms with Crippen LogP contribution in [-0.2, 0) is 20.9 Å². The first-order valence-corrected chi connectivity index (χ1v) is 6.22. The van der Waals surface area contributed by atoms with E-state index in [1.54, 1.807) is 19.5 Å². The van der Waals surface area contributed by atoms with Crippen LogP contribution in [0.25, 0.3) is 0 Å². The van der Waals surface area contributed by atoms with Gasteiger partial charge < -0.3 is 14.9 Å². The molecular weight excluding hydrogens is 290 g/mol. The van der Waals surface area contributed by atoms with Crippen molar-refractivity contribution in [3.05, 3.63) is 48.5 Å². The van der Waals surface area contributed by atoms with Crippen LogP contribution >= 0.6 is 0 Å². The Morgan fingerprint density at radius 1 is 1.23 bits per heavy atom. The van der Waals surface area contributed by atoms with Crippen molar-refractivity contribution in [1.82, 2.24) is 9.66 Å². The van der Waals surface area contributed by atoms with Crippen molar-refractivity contribution in [2.24, 2.45) is 0 Å². The van der Waals surface area contributed by atoms with Crippen molar-refractivity contribution >= 4 is 17.6 Å². The molecule has 0 aromatic carbocycles. The van der Waals surface area contributed by atoms with Crippen LogP contribution in [0.4, 0.5) is 5.69 Å². The zero-order valence-corrected chi connectivity index (χ0v) is 12.2. The summed E-state index contributed by atoms with van der Waals surface area (Å²) in [5.41, 5.74) is 2.20. The third-order valence-electron chi connectivity index (χ3n) is 2.64. The largest absolute Gasteiger partial charge is 0.473 e. The molecule has 0 unspecified atom stereocenters. The first-order chi connectivity index (χ1) is 10.5. The first kappa shape index (κ1) is 17.2. The molecule has 8 heteroatoms. The summed E-state index contributed by atoms with van der Waals surface area (Å²) in [5.74, 6) is -3.65. The lowest BCUT2D eigenvalue weighted by Crippen LogP contribution is -2.25. The molecule has 0 atom stereocenters. The maximum atomic E-state index is 9.10. The highest BCUT2D eigenvalue weighted by atomic mass is 16.5. The van der Waals surface area contributed by atoms with Crippen molar-refractivity contribution in [2.75, 3.05) is 19.2 Å². The van der Waals surface area contributed by atoms with Crippen LogP contribution in [0.5, 0.6) is 0 Å². The SMILES string of the molecule is COCc1cccn1N(C)c1ccncc1.O=C(O)C(=O)O. The number of anilines is 1. The number of hydrogen-bond acceptors (Lipinski definition) is 5. The van der Waals surface area contributed by atoms with Crippen LogP contribution in [0.2, 0.25) is 0 Å². The predicted molar refractivity (Wildman–Crippen MR) is 78.5 cm³/mol. The van der Waals surface area contributed by atoms with Crippen LogP contribution in [-0.4, -0.2) is 46.0 Å². The molecule has 2 aromatic heterocycles. The Bertz CT molecular complexity index is 600. The van der Waals surface area contributed by atoms with Crippen molar-refractivity contribution in [2.45, 2.75) is 6.61 Å². The molecule has 0 bridgehead atoms. The molecule has 2 N–H and O–H groups in total. The third kappa shape index (κ3) is 4.91. The zero-order chi connectivity index (χ0) is 16.5. The number of ether oxygens (including phenoxy) is 1. The molecule has 2 rings (SSSR count). The predicted octanol–water partition coefficient (Wildman–Crippen LogP) is 1.08. The number of aliphatic carboxylic acids is 2. The molecule has 2 heterocycles. The van der Waals surface area contributed by atoms with Crippen molar-refractivity contribution in [1.29, 1.82) is 0 Å². The van der Waals surface area contributed by atoms with E-state index >= 15 is 0 Å². The fraction of sp³-hybridized carbons (Fsp3) is 0.214. The number of pyridine rings is 1. The first-order valence-electron chi connectivity index (χ1n) is 6.22. The monoisotopic (exact) mass is 307 g/mol. The smallest absolute Gasteiger partial charge is 0.414 e. The minimum atomic E-state index is -1.82. The normalized spacial score (nSPS) is 9.55. The van der Waals surface area contributed by atoms with Gasteiger partial charge in [-0.1, -0.05) is 0 Å². The lowest BCUT2D eigenvalue weighted by atomic mass is 10.4. The van der Waals surface area contributed by atoms with Gasteiger partial charge in [-0.3, -0.25) is 14.7 Å². The Labute approximate surface area is 127 Å². The molecule has 22 heavy (non-hydrogen) atoms. The van der Waals surface area contributed by atoms with Crippen molar-refractivity contribution in [3.63, 3.8) is 0 Å². The Kier molecular flexibility index (Phi) is 6.58. The summed E-state index contributed by atoms with van der Waals surface area (Å²) in [7, 11) is 3.71. The quantitative estimate of drug-likeness (QED) is 0.814. The fourth-order valence-electron chi connectivity index (χ4n) is 1.65. The highest BCUT2D eigenvalue weighted by molar-refractivity contribution is 6.27. The molecule has 8 nitrogen and oxygen atoms in total. The standard InChI is InChI=1S/C12H15N3O.C2H2O4/c1-14(11-5-7-13-8-6-11)15-9-3-4-12(15)10-16-2;3-1(4)2(5)6/h3-9H,10H2,1-2H3;(H,3,4)(H,5,6). The van der Waals surface area contributed by atoms with E-state index in [0.717, 1.165) is 11.4 Å². The van der Waals surface area contributed by atoms with Crippen LogP contribution in [0.3, 0.4) is 0 Å². The molecule has 0 spiro atoms. The van der Waals surface area contributed by atoms with Crippen LogP contribution in [0.1, 0.15) is 5.69 Å². The summed E-state index contributed by atoms with van der Waals surface area (Å²) in [6.45, 7) is 0.600. The fourth-order valence-corrected chi connectivity index (χ4v) is 1.65. The molecule has 118 valence electrons. The highest BCUT2D eigenvalue weighted by Crippen LogP contribution is 2.14. The maximum absolute atomic E-state index is 9.10. The number of rotatable bonds is 4. The molecule has 0 radical (unpaired) electrons. The van der Waals surface area contributed by atoms with Crippen LogP contribution in [0, 0.1) is 0 Å². The van der Waals surface area contributed by atoms with Crippen molar-refractivity contribution in [3.8, 4) is 0 Å².